The molecule has 0 aliphatic heterocycles. The van der Waals surface area contributed by atoms with E-state index in [1.807, 2.05) is 0 Å². The zero-order valence-corrected chi connectivity index (χ0v) is 17.3. The molecule has 6 nitrogen and oxygen atoms in total. The first-order chi connectivity index (χ1) is 14.6. The van der Waals surface area contributed by atoms with E-state index < -0.39 is 23.6 Å². The number of primary amides is 1. The fourth-order valence-corrected chi connectivity index (χ4v) is 3.63. The summed E-state index contributed by atoms with van der Waals surface area (Å²) in [5.41, 5.74) is 4.72. The van der Waals surface area contributed by atoms with Crippen molar-refractivity contribution in [2.24, 2.45) is 5.73 Å². The lowest BCUT2D eigenvalue weighted by atomic mass is 10.1. The number of anilines is 1. The molecule has 3 N–H and O–H groups in total. The predicted octanol–water partition coefficient (Wildman–Crippen LogP) is 4.52. The summed E-state index contributed by atoms with van der Waals surface area (Å²) in [6, 6.07) is 9.38. The summed E-state index contributed by atoms with van der Waals surface area (Å²) in [7, 11) is 0. The number of nitrogens with one attached hydrogen (secondary N) is 1. The molecule has 0 atom stereocenters. The number of hydrogen-bond acceptors (Lipinski definition) is 5. The molecule has 0 unspecified atom stereocenters. The number of nitrogens with zero attached hydrogens (tertiary/aromatic N) is 1. The monoisotopic (exact) mass is 469 g/mol. The van der Waals surface area contributed by atoms with Crippen molar-refractivity contribution < 1.29 is 27.5 Å². The van der Waals surface area contributed by atoms with Crippen LogP contribution in [-0.2, 0) is 17.4 Å². The number of nitrogens with two attached hydrogens (primary N) is 1. The molecular formula is C20H15ClF3N3O3S. The lowest BCUT2D eigenvalue weighted by molar-refractivity contribution is -0.137. The molecule has 3 rings (SSSR count). The summed E-state index contributed by atoms with van der Waals surface area (Å²) < 4.78 is 44.1. The van der Waals surface area contributed by atoms with Crippen molar-refractivity contribution in [2.75, 3.05) is 11.9 Å². The molecule has 0 aliphatic rings. The van der Waals surface area contributed by atoms with Gasteiger partial charge in [-0.25, -0.2) is 4.98 Å². The largest absolute Gasteiger partial charge is 0.483 e. The zero-order valence-electron chi connectivity index (χ0n) is 15.7. The van der Waals surface area contributed by atoms with E-state index >= 15 is 0 Å². The molecule has 0 bridgehead atoms. The fourth-order valence-electron chi connectivity index (χ4n) is 2.61. The molecule has 0 aliphatic carbocycles. The minimum Gasteiger partial charge on any atom is -0.483 e. The van der Waals surface area contributed by atoms with Gasteiger partial charge in [-0.3, -0.25) is 14.9 Å². The highest BCUT2D eigenvalue weighted by Gasteiger charge is 2.31. The van der Waals surface area contributed by atoms with Crippen molar-refractivity contribution in [3.05, 3.63) is 75.3 Å². The number of alkyl halides is 3. The lowest BCUT2D eigenvalue weighted by Crippen LogP contribution is -2.21. The quantitative estimate of drug-likeness (QED) is 0.532. The van der Waals surface area contributed by atoms with Crippen LogP contribution in [0, 0.1) is 0 Å². The van der Waals surface area contributed by atoms with Crippen LogP contribution in [0.2, 0.25) is 5.02 Å². The average molecular weight is 470 g/mol. The topological polar surface area (TPSA) is 94.3 Å². The zero-order chi connectivity index (χ0) is 22.6. The van der Waals surface area contributed by atoms with Crippen molar-refractivity contribution in [3.63, 3.8) is 0 Å². The van der Waals surface area contributed by atoms with Gasteiger partial charge < -0.3 is 10.5 Å². The molecule has 162 valence electrons. The molecule has 0 saturated heterocycles. The second-order valence-corrected chi connectivity index (χ2v) is 7.84. The Hall–Kier alpha value is -3.11. The standard InChI is InChI=1S/C20H15ClF3N3O3S/c21-15-6-5-12(20(22,23)24)7-11(15)8-13-9-26-19(31-13)27-18(29)14-3-1-2-4-16(14)30-10-17(25)28/h1-7,9H,8,10H2,(H2,25,28)(H,26,27,29). The molecule has 31 heavy (non-hydrogen) atoms. The lowest BCUT2D eigenvalue weighted by Gasteiger charge is -2.10. The van der Waals surface area contributed by atoms with Gasteiger partial charge in [0.15, 0.2) is 11.7 Å². The number of benzene rings is 2. The van der Waals surface area contributed by atoms with Crippen LogP contribution in [0.25, 0.3) is 0 Å². The van der Waals surface area contributed by atoms with E-state index in [4.69, 9.17) is 22.1 Å². The summed E-state index contributed by atoms with van der Waals surface area (Å²) in [5, 5.41) is 3.05. The van der Waals surface area contributed by atoms with Gasteiger partial charge in [0.1, 0.15) is 5.75 Å². The number of thiazole rings is 1. The van der Waals surface area contributed by atoms with Crippen molar-refractivity contribution in [1.29, 1.82) is 0 Å². The van der Waals surface area contributed by atoms with Gasteiger partial charge in [0.05, 0.1) is 11.1 Å². The number of amides is 2. The van der Waals surface area contributed by atoms with Gasteiger partial charge in [-0.1, -0.05) is 23.7 Å². The Morgan fingerprint density at radius 2 is 1.94 bits per heavy atom. The van der Waals surface area contributed by atoms with E-state index in [1.54, 1.807) is 12.1 Å². The second-order valence-electron chi connectivity index (χ2n) is 6.32. The van der Waals surface area contributed by atoms with Crippen LogP contribution in [0.5, 0.6) is 5.75 Å². The first-order valence-electron chi connectivity index (χ1n) is 8.75. The highest BCUT2D eigenvalue weighted by molar-refractivity contribution is 7.15. The number of carbonyl (C=O) groups is 2. The first-order valence-corrected chi connectivity index (χ1v) is 9.94. The van der Waals surface area contributed by atoms with Crippen LogP contribution in [0.1, 0.15) is 26.4 Å². The third-order valence-electron chi connectivity index (χ3n) is 4.01. The minimum absolute atomic E-state index is 0.120. The van der Waals surface area contributed by atoms with E-state index in [1.165, 1.54) is 24.4 Å². The number of ether oxygens (including phenoxy) is 1. The molecule has 0 saturated carbocycles. The Morgan fingerprint density at radius 1 is 1.19 bits per heavy atom. The molecular weight excluding hydrogens is 455 g/mol. The van der Waals surface area contributed by atoms with Crippen molar-refractivity contribution in [3.8, 4) is 5.75 Å². The molecule has 2 aromatic carbocycles. The van der Waals surface area contributed by atoms with Gasteiger partial charge >= 0.3 is 6.18 Å². The van der Waals surface area contributed by atoms with Gasteiger partial charge in [-0.05, 0) is 35.9 Å². The summed E-state index contributed by atoms with van der Waals surface area (Å²) in [6.45, 7) is -0.385. The smallest absolute Gasteiger partial charge is 0.416 e. The Balaban J connectivity index is 1.73. The summed E-state index contributed by atoms with van der Waals surface area (Å²) in [4.78, 5) is 28.2. The normalized spacial score (nSPS) is 11.2. The third-order valence-corrected chi connectivity index (χ3v) is 5.29. The average Bonchev–Trinajstić information content (AvgIpc) is 3.14. The SMILES string of the molecule is NC(=O)COc1ccccc1C(=O)Nc1ncc(Cc2cc(C(F)(F)F)ccc2Cl)s1. The molecule has 2 amide bonds. The predicted molar refractivity (Wildman–Crippen MR) is 110 cm³/mol. The number of para-hydroxylation sites is 1. The van der Waals surface area contributed by atoms with Crippen LogP contribution in [0.3, 0.4) is 0 Å². The van der Waals surface area contributed by atoms with Crippen molar-refractivity contribution in [2.45, 2.75) is 12.6 Å². The Bertz CT molecular complexity index is 1120. The van der Waals surface area contributed by atoms with Gasteiger partial charge in [-0.15, -0.1) is 11.3 Å². The second kappa shape index (κ2) is 9.36. The Labute approximate surface area is 183 Å². The number of halogens is 4. The maximum Gasteiger partial charge on any atom is 0.416 e. The highest BCUT2D eigenvalue weighted by atomic mass is 35.5. The molecule has 0 spiro atoms. The van der Waals surface area contributed by atoms with Crippen LogP contribution >= 0.6 is 22.9 Å². The number of rotatable bonds is 7. The summed E-state index contributed by atoms with van der Waals surface area (Å²) in [5.74, 6) is -1.04. The number of aromatic nitrogens is 1. The molecule has 1 aromatic heterocycles. The molecule has 11 heteroatoms. The van der Waals surface area contributed by atoms with E-state index in [0.29, 0.717) is 10.4 Å². The fraction of sp³-hybridized carbons (Fsp3) is 0.150. The third kappa shape index (κ3) is 5.96. The Morgan fingerprint density at radius 3 is 2.65 bits per heavy atom. The summed E-state index contributed by atoms with van der Waals surface area (Å²) in [6.07, 6.45) is -2.91. The van der Waals surface area contributed by atoms with Crippen LogP contribution in [0.4, 0.5) is 18.3 Å². The minimum atomic E-state index is -4.48. The van der Waals surface area contributed by atoms with Crippen molar-refractivity contribution >= 4 is 39.9 Å². The van der Waals surface area contributed by atoms with Gasteiger partial charge in [0, 0.05) is 22.5 Å². The van der Waals surface area contributed by atoms with Gasteiger partial charge in [-0.2, -0.15) is 13.2 Å². The van der Waals surface area contributed by atoms with Crippen LogP contribution in [-0.4, -0.2) is 23.4 Å². The van der Waals surface area contributed by atoms with E-state index in [9.17, 15) is 22.8 Å². The molecule has 3 aromatic rings. The van der Waals surface area contributed by atoms with Gasteiger partial charge in [0.25, 0.3) is 11.8 Å². The maximum absolute atomic E-state index is 12.9. The van der Waals surface area contributed by atoms with Crippen molar-refractivity contribution in [1.82, 2.24) is 4.98 Å². The molecule has 1 heterocycles. The number of carbonyl (C=O) groups excluding carboxylic acids is 2. The number of hydrogen-bond donors (Lipinski definition) is 2. The van der Waals surface area contributed by atoms with Crippen LogP contribution < -0.4 is 15.8 Å². The maximum atomic E-state index is 12.9. The van der Waals surface area contributed by atoms with E-state index in [2.05, 4.69) is 10.3 Å². The summed E-state index contributed by atoms with van der Waals surface area (Å²) >= 11 is 7.14. The van der Waals surface area contributed by atoms with Crippen LogP contribution in [0.15, 0.2) is 48.7 Å². The Kier molecular flexibility index (Phi) is 6.81. The molecule has 0 radical (unpaired) electrons. The highest BCUT2D eigenvalue weighted by Crippen LogP contribution is 2.33. The van der Waals surface area contributed by atoms with E-state index in [-0.39, 0.29) is 34.5 Å². The van der Waals surface area contributed by atoms with E-state index in [0.717, 1.165) is 23.5 Å². The molecule has 0 fully saturated rings. The van der Waals surface area contributed by atoms with Gasteiger partial charge in [0.2, 0.25) is 0 Å². The first kappa shape index (κ1) is 22.6.